The van der Waals surface area contributed by atoms with Gasteiger partial charge in [-0.25, -0.2) is 4.39 Å². The molecule has 1 heterocycles. The summed E-state index contributed by atoms with van der Waals surface area (Å²) in [6.45, 7) is 1.85. The number of nitrogens with two attached hydrogens (primary N) is 1. The average Bonchev–Trinajstić information content (AvgIpc) is 2.51. The molecule has 1 atom stereocenters. The van der Waals surface area contributed by atoms with Crippen LogP contribution >= 0.6 is 27.3 Å². The average molecular weight is 252 g/mol. The predicted octanol–water partition coefficient (Wildman–Crippen LogP) is 3.04. The van der Waals surface area contributed by atoms with Crippen LogP contribution in [-0.4, -0.2) is 6.54 Å². The van der Waals surface area contributed by atoms with E-state index in [4.69, 9.17) is 5.73 Å². The van der Waals surface area contributed by atoms with E-state index < -0.39 is 5.67 Å². The van der Waals surface area contributed by atoms with Crippen molar-refractivity contribution in [2.24, 2.45) is 5.73 Å². The predicted molar refractivity (Wildman–Crippen MR) is 54.2 cm³/mol. The number of rotatable bonds is 3. The van der Waals surface area contributed by atoms with E-state index >= 15 is 0 Å². The molecule has 1 aromatic rings. The van der Waals surface area contributed by atoms with Crippen molar-refractivity contribution in [2.75, 3.05) is 6.54 Å². The van der Waals surface area contributed by atoms with Crippen LogP contribution in [0.2, 0.25) is 0 Å². The van der Waals surface area contributed by atoms with Gasteiger partial charge in [0, 0.05) is 11.0 Å². The number of alkyl halides is 1. The van der Waals surface area contributed by atoms with E-state index in [2.05, 4.69) is 15.9 Å². The minimum atomic E-state index is -1.35. The highest BCUT2D eigenvalue weighted by molar-refractivity contribution is 9.10. The van der Waals surface area contributed by atoms with Crippen molar-refractivity contribution in [1.82, 2.24) is 0 Å². The maximum atomic E-state index is 13.9. The monoisotopic (exact) mass is 251 g/mol. The van der Waals surface area contributed by atoms with Crippen LogP contribution in [0.1, 0.15) is 18.2 Å². The molecular weight excluding hydrogens is 241 g/mol. The normalized spacial score (nSPS) is 16.0. The number of halogens is 2. The van der Waals surface area contributed by atoms with E-state index in [1.54, 1.807) is 6.92 Å². The number of hydrogen-bond donors (Lipinski definition) is 1. The van der Waals surface area contributed by atoms with Gasteiger partial charge in [-0.3, -0.25) is 0 Å². The van der Waals surface area contributed by atoms with Crippen LogP contribution in [0.15, 0.2) is 15.9 Å². The van der Waals surface area contributed by atoms with E-state index in [1.165, 1.54) is 11.3 Å². The molecule has 0 aliphatic carbocycles. The number of hydrogen-bond acceptors (Lipinski definition) is 2. The third-order valence-electron chi connectivity index (χ3n) is 1.91. The Hall–Kier alpha value is 0.0700. The van der Waals surface area contributed by atoms with Crippen LogP contribution in [0, 0.1) is 0 Å². The summed E-state index contributed by atoms with van der Waals surface area (Å²) in [5.74, 6) is 0. The lowest BCUT2D eigenvalue weighted by molar-refractivity contribution is 0.173. The molecule has 1 unspecified atom stereocenters. The molecule has 1 nitrogen and oxygen atoms in total. The van der Waals surface area contributed by atoms with E-state index in [9.17, 15) is 4.39 Å². The van der Waals surface area contributed by atoms with Crippen molar-refractivity contribution in [3.8, 4) is 0 Å². The summed E-state index contributed by atoms with van der Waals surface area (Å²) in [6.07, 6.45) is 0.419. The van der Waals surface area contributed by atoms with Gasteiger partial charge in [0.1, 0.15) is 0 Å². The van der Waals surface area contributed by atoms with Crippen molar-refractivity contribution >= 4 is 27.3 Å². The second-order valence-corrected chi connectivity index (χ2v) is 4.39. The zero-order valence-corrected chi connectivity index (χ0v) is 9.21. The lowest BCUT2D eigenvalue weighted by Gasteiger charge is -2.20. The molecule has 0 aromatic carbocycles. The molecule has 0 spiro atoms. The largest absolute Gasteiger partial charge is 0.327 e. The maximum absolute atomic E-state index is 13.9. The third-order valence-corrected chi connectivity index (χ3v) is 3.92. The Morgan fingerprint density at radius 3 is 2.75 bits per heavy atom. The standard InChI is InChI=1S/C8H11BrFNS/c1-2-8(10,5-11)7-6(9)3-4-12-7/h3-4H,2,5,11H2,1H3. The quantitative estimate of drug-likeness (QED) is 0.879. The minimum Gasteiger partial charge on any atom is -0.327 e. The van der Waals surface area contributed by atoms with Crippen LogP contribution in [0.5, 0.6) is 0 Å². The Labute approximate surface area is 83.9 Å². The highest BCUT2D eigenvalue weighted by Crippen LogP contribution is 2.37. The molecule has 0 radical (unpaired) electrons. The van der Waals surface area contributed by atoms with Crippen LogP contribution in [-0.2, 0) is 5.67 Å². The van der Waals surface area contributed by atoms with E-state index in [-0.39, 0.29) is 6.54 Å². The van der Waals surface area contributed by atoms with Gasteiger partial charge in [0.05, 0.1) is 4.88 Å². The summed E-state index contributed by atoms with van der Waals surface area (Å²) in [5, 5.41) is 1.86. The van der Waals surface area contributed by atoms with Gasteiger partial charge in [-0.2, -0.15) is 0 Å². The molecule has 4 heteroatoms. The van der Waals surface area contributed by atoms with Gasteiger partial charge in [0.15, 0.2) is 5.67 Å². The fourth-order valence-electron chi connectivity index (χ4n) is 1.01. The fourth-order valence-corrected chi connectivity index (χ4v) is 2.91. The summed E-state index contributed by atoms with van der Waals surface area (Å²) >= 11 is 4.70. The van der Waals surface area contributed by atoms with Crippen molar-refractivity contribution < 1.29 is 4.39 Å². The van der Waals surface area contributed by atoms with Crippen molar-refractivity contribution in [3.63, 3.8) is 0 Å². The Morgan fingerprint density at radius 2 is 2.42 bits per heavy atom. The molecule has 0 saturated carbocycles. The molecule has 0 fully saturated rings. The molecule has 0 amide bonds. The summed E-state index contributed by atoms with van der Waals surface area (Å²) in [7, 11) is 0. The molecule has 0 bridgehead atoms. The fraction of sp³-hybridized carbons (Fsp3) is 0.500. The Bertz CT molecular complexity index is 257. The van der Waals surface area contributed by atoms with E-state index in [0.29, 0.717) is 11.3 Å². The summed E-state index contributed by atoms with van der Waals surface area (Å²) < 4.78 is 14.8. The maximum Gasteiger partial charge on any atom is 0.158 e. The Morgan fingerprint density at radius 1 is 1.75 bits per heavy atom. The molecule has 0 saturated heterocycles. The second-order valence-electron chi connectivity index (χ2n) is 2.62. The number of thiophene rings is 1. The first-order valence-corrected chi connectivity index (χ1v) is 5.43. The zero-order chi connectivity index (χ0) is 9.19. The van der Waals surface area contributed by atoms with E-state index in [0.717, 1.165) is 4.47 Å². The van der Waals surface area contributed by atoms with Gasteiger partial charge in [-0.05, 0) is 33.8 Å². The third kappa shape index (κ3) is 1.70. The SMILES string of the molecule is CCC(F)(CN)c1sccc1Br. The second kappa shape index (κ2) is 3.85. The zero-order valence-electron chi connectivity index (χ0n) is 6.81. The van der Waals surface area contributed by atoms with Gasteiger partial charge < -0.3 is 5.73 Å². The molecule has 12 heavy (non-hydrogen) atoms. The lowest BCUT2D eigenvalue weighted by atomic mass is 10.0. The highest BCUT2D eigenvalue weighted by atomic mass is 79.9. The molecular formula is C8H11BrFNS. The Balaban J connectivity index is 3.02. The smallest absolute Gasteiger partial charge is 0.158 e. The minimum absolute atomic E-state index is 0.0443. The van der Waals surface area contributed by atoms with Gasteiger partial charge in [0.25, 0.3) is 0 Å². The highest BCUT2D eigenvalue weighted by Gasteiger charge is 2.31. The first-order valence-electron chi connectivity index (χ1n) is 3.76. The molecule has 1 rings (SSSR count). The van der Waals surface area contributed by atoms with Crippen molar-refractivity contribution in [1.29, 1.82) is 0 Å². The van der Waals surface area contributed by atoms with Gasteiger partial charge in [0.2, 0.25) is 0 Å². The summed E-state index contributed by atoms with van der Waals surface area (Å²) in [4.78, 5) is 0.701. The van der Waals surface area contributed by atoms with Crippen LogP contribution in [0.4, 0.5) is 4.39 Å². The first-order chi connectivity index (χ1) is 5.64. The van der Waals surface area contributed by atoms with E-state index in [1.807, 2.05) is 11.4 Å². The van der Waals surface area contributed by atoms with Crippen LogP contribution in [0.25, 0.3) is 0 Å². The van der Waals surface area contributed by atoms with Gasteiger partial charge in [-0.15, -0.1) is 11.3 Å². The molecule has 68 valence electrons. The topological polar surface area (TPSA) is 26.0 Å². The molecule has 1 aromatic heterocycles. The summed E-state index contributed by atoms with van der Waals surface area (Å²) in [5.41, 5.74) is 4.03. The van der Waals surface area contributed by atoms with Gasteiger partial charge >= 0.3 is 0 Å². The molecule has 0 aliphatic heterocycles. The lowest BCUT2D eigenvalue weighted by Crippen LogP contribution is -2.28. The van der Waals surface area contributed by atoms with Crippen molar-refractivity contribution in [2.45, 2.75) is 19.0 Å². The van der Waals surface area contributed by atoms with Crippen LogP contribution < -0.4 is 5.73 Å². The van der Waals surface area contributed by atoms with Crippen molar-refractivity contribution in [3.05, 3.63) is 20.8 Å². The van der Waals surface area contributed by atoms with Crippen LogP contribution in [0.3, 0.4) is 0 Å². The molecule has 2 N–H and O–H groups in total. The first kappa shape index (κ1) is 10.2. The Kier molecular flexibility index (Phi) is 3.26. The molecule has 0 aliphatic rings. The van der Waals surface area contributed by atoms with Gasteiger partial charge in [-0.1, -0.05) is 6.92 Å². The summed E-state index contributed by atoms with van der Waals surface area (Å²) in [6, 6.07) is 1.85.